The van der Waals surface area contributed by atoms with E-state index in [4.69, 9.17) is 4.74 Å². The van der Waals surface area contributed by atoms with Crippen molar-refractivity contribution in [2.24, 2.45) is 0 Å². The Morgan fingerprint density at radius 1 is 1.33 bits per heavy atom. The monoisotopic (exact) mass is 190 g/mol. The number of hydrogen-bond acceptors (Lipinski definition) is 3. The summed E-state index contributed by atoms with van der Waals surface area (Å²) in [5.74, 6) is -0.139. The molecule has 0 bridgehead atoms. The summed E-state index contributed by atoms with van der Waals surface area (Å²) >= 11 is 3.38. The third-order valence-corrected chi connectivity index (χ3v) is 1.39. The van der Waals surface area contributed by atoms with Gasteiger partial charge in [0, 0.05) is 13.2 Å². The Hall–Kier alpha value is -0.350. The van der Waals surface area contributed by atoms with Gasteiger partial charge in [0.1, 0.15) is 5.78 Å². The lowest BCUT2D eigenvalue weighted by atomic mass is 10.3. The molecule has 1 fully saturated rings. The van der Waals surface area contributed by atoms with Crippen molar-refractivity contribution in [3.05, 3.63) is 0 Å². The summed E-state index contributed by atoms with van der Waals surface area (Å²) in [7, 11) is 0. The first-order valence-electron chi connectivity index (χ1n) is 3.92. The number of ketones is 1. The maximum absolute atomic E-state index is 9.98. The van der Waals surface area contributed by atoms with Gasteiger partial charge >= 0.3 is 0 Å². The predicted octanol–water partition coefficient (Wildman–Crippen LogP) is 1.22. The summed E-state index contributed by atoms with van der Waals surface area (Å²) in [6, 6.07) is 0. The Labute approximate surface area is 77.9 Å². The molecule has 12 heavy (non-hydrogen) atoms. The van der Waals surface area contributed by atoms with Crippen LogP contribution in [0.2, 0.25) is 0 Å². The van der Waals surface area contributed by atoms with E-state index in [1.54, 1.807) is 0 Å². The fourth-order valence-electron chi connectivity index (χ4n) is 0.723. The normalized spacial score (nSPS) is 14.8. The number of thiol groups is 1. The van der Waals surface area contributed by atoms with Gasteiger partial charge in [-0.1, -0.05) is 0 Å². The molecule has 0 aliphatic carbocycles. The smallest absolute Gasteiger partial charge is 0.193 e. The molecular weight excluding hydrogens is 176 g/mol. The highest BCUT2D eigenvalue weighted by Gasteiger charge is 1.96. The molecular formula is C8H14O3S. The van der Waals surface area contributed by atoms with Crippen LogP contribution in [-0.4, -0.2) is 24.1 Å². The van der Waals surface area contributed by atoms with Crippen LogP contribution in [0.3, 0.4) is 0 Å². The number of carbonyl (C=O) groups is 2. The zero-order chi connectivity index (χ0) is 9.40. The molecule has 1 saturated heterocycles. The van der Waals surface area contributed by atoms with Crippen LogP contribution < -0.4 is 0 Å². The lowest BCUT2D eigenvalue weighted by molar-refractivity contribution is -0.121. The average molecular weight is 190 g/mol. The molecule has 4 heteroatoms. The predicted molar refractivity (Wildman–Crippen MR) is 49.3 cm³/mol. The van der Waals surface area contributed by atoms with Gasteiger partial charge < -0.3 is 4.74 Å². The van der Waals surface area contributed by atoms with Gasteiger partial charge in [0.25, 0.3) is 0 Å². The Balaban J connectivity index is 0.000000211. The van der Waals surface area contributed by atoms with E-state index in [9.17, 15) is 9.59 Å². The van der Waals surface area contributed by atoms with Crippen LogP contribution in [0, 0.1) is 0 Å². The van der Waals surface area contributed by atoms with Gasteiger partial charge in [-0.2, -0.15) is 0 Å². The molecule has 70 valence electrons. The van der Waals surface area contributed by atoms with E-state index in [0.29, 0.717) is 0 Å². The van der Waals surface area contributed by atoms with Gasteiger partial charge in [0.15, 0.2) is 5.12 Å². The lowest BCUT2D eigenvalue weighted by Gasteiger charge is -1.80. The number of ether oxygens (including phenoxy) is 1. The van der Waals surface area contributed by atoms with E-state index in [-0.39, 0.29) is 17.3 Å². The maximum Gasteiger partial charge on any atom is 0.193 e. The van der Waals surface area contributed by atoms with Gasteiger partial charge in [-0.15, -0.1) is 12.6 Å². The molecule has 0 spiro atoms. The maximum atomic E-state index is 9.98. The molecule has 1 rings (SSSR count). The van der Waals surface area contributed by atoms with Crippen molar-refractivity contribution in [3.63, 3.8) is 0 Å². The highest BCUT2D eigenvalue weighted by atomic mass is 32.1. The van der Waals surface area contributed by atoms with Crippen molar-refractivity contribution < 1.29 is 14.3 Å². The van der Waals surface area contributed by atoms with Crippen LogP contribution in [0.1, 0.15) is 26.2 Å². The first-order valence-corrected chi connectivity index (χ1v) is 4.36. The van der Waals surface area contributed by atoms with Crippen LogP contribution in [0.15, 0.2) is 0 Å². The fourth-order valence-corrected chi connectivity index (χ4v) is 0.946. The molecule has 1 aliphatic heterocycles. The molecule has 0 unspecified atom stereocenters. The second-order valence-corrected chi connectivity index (χ2v) is 3.09. The molecule has 0 N–H and O–H groups in total. The van der Waals surface area contributed by atoms with Crippen molar-refractivity contribution in [2.75, 3.05) is 13.2 Å². The summed E-state index contributed by atoms with van der Waals surface area (Å²) < 4.78 is 4.94. The number of carbonyl (C=O) groups excluding carboxylic acids is 2. The minimum Gasteiger partial charge on any atom is -0.381 e. The molecule has 3 nitrogen and oxygen atoms in total. The van der Waals surface area contributed by atoms with Crippen LogP contribution >= 0.6 is 12.6 Å². The summed E-state index contributed by atoms with van der Waals surface area (Å²) in [4.78, 5) is 19.9. The Kier molecular flexibility index (Phi) is 7.09. The van der Waals surface area contributed by atoms with Crippen molar-refractivity contribution in [1.29, 1.82) is 0 Å². The van der Waals surface area contributed by atoms with Gasteiger partial charge in [0.05, 0.1) is 6.42 Å². The summed E-state index contributed by atoms with van der Waals surface area (Å²) in [6.07, 6.45) is 2.50. The Morgan fingerprint density at radius 2 is 1.83 bits per heavy atom. The first kappa shape index (κ1) is 11.6. The lowest BCUT2D eigenvalue weighted by Crippen LogP contribution is -1.95. The molecule has 0 radical (unpaired) electrons. The highest BCUT2D eigenvalue weighted by Crippen LogP contribution is 1.98. The van der Waals surface area contributed by atoms with E-state index in [1.165, 1.54) is 19.8 Å². The zero-order valence-corrected chi connectivity index (χ0v) is 8.10. The minimum atomic E-state index is -0.368. The van der Waals surface area contributed by atoms with E-state index >= 15 is 0 Å². The van der Waals surface area contributed by atoms with Crippen molar-refractivity contribution >= 4 is 23.5 Å². The summed E-state index contributed by atoms with van der Waals surface area (Å²) in [6.45, 7) is 3.36. The van der Waals surface area contributed by atoms with Crippen molar-refractivity contribution in [3.8, 4) is 0 Å². The van der Waals surface area contributed by atoms with Crippen molar-refractivity contribution in [1.82, 2.24) is 0 Å². The van der Waals surface area contributed by atoms with Gasteiger partial charge in [-0.3, -0.25) is 9.59 Å². The second-order valence-electron chi connectivity index (χ2n) is 2.59. The molecule has 0 aromatic heterocycles. The largest absolute Gasteiger partial charge is 0.381 e. The fraction of sp³-hybridized carbons (Fsp3) is 0.750. The van der Waals surface area contributed by atoms with Crippen LogP contribution in [0.25, 0.3) is 0 Å². The molecule has 0 amide bonds. The quantitative estimate of drug-likeness (QED) is 0.526. The Bertz CT molecular complexity index is 133. The number of Topliss-reactive ketones (excluding diaryl/α,β-unsaturated/α-hetero) is 1. The van der Waals surface area contributed by atoms with Crippen LogP contribution in [0.4, 0.5) is 0 Å². The Morgan fingerprint density at radius 3 is 1.92 bits per heavy atom. The van der Waals surface area contributed by atoms with E-state index < -0.39 is 0 Å². The van der Waals surface area contributed by atoms with E-state index in [0.717, 1.165) is 13.2 Å². The SMILES string of the molecule is C1CCOC1.CC(=O)CC(=O)S. The molecule has 0 aromatic rings. The molecule has 0 atom stereocenters. The zero-order valence-electron chi connectivity index (χ0n) is 7.21. The van der Waals surface area contributed by atoms with Gasteiger partial charge in [0.2, 0.25) is 0 Å². The molecule has 0 aromatic carbocycles. The first-order chi connectivity index (χ1) is 5.63. The number of hydrogen-bond donors (Lipinski definition) is 1. The van der Waals surface area contributed by atoms with Gasteiger partial charge in [-0.25, -0.2) is 0 Å². The van der Waals surface area contributed by atoms with Crippen molar-refractivity contribution in [2.45, 2.75) is 26.2 Å². The van der Waals surface area contributed by atoms with Crippen LogP contribution in [-0.2, 0) is 14.3 Å². The standard InChI is InChI=1S/C4H6O2S.C4H8O/c1-3(5)2-4(6)7;1-2-4-5-3-1/h2H2,1H3,(H,6,7);1-4H2. The second kappa shape index (κ2) is 7.31. The third kappa shape index (κ3) is 9.65. The topological polar surface area (TPSA) is 43.4 Å². The van der Waals surface area contributed by atoms with Crippen LogP contribution in [0.5, 0.6) is 0 Å². The van der Waals surface area contributed by atoms with E-state index in [1.807, 2.05) is 0 Å². The summed E-state index contributed by atoms with van der Waals surface area (Å²) in [5, 5.41) is -0.368. The van der Waals surface area contributed by atoms with E-state index in [2.05, 4.69) is 12.6 Å². The molecule has 1 aliphatic rings. The molecule has 1 heterocycles. The minimum absolute atomic E-state index is 0.0525. The number of rotatable bonds is 2. The van der Waals surface area contributed by atoms with Gasteiger partial charge in [-0.05, 0) is 19.8 Å². The highest BCUT2D eigenvalue weighted by molar-refractivity contribution is 7.96. The summed E-state index contributed by atoms with van der Waals surface area (Å²) in [5.41, 5.74) is 0. The third-order valence-electron chi connectivity index (χ3n) is 1.23. The average Bonchev–Trinajstić information content (AvgIpc) is 2.36. The molecule has 0 saturated carbocycles.